The van der Waals surface area contributed by atoms with Crippen LogP contribution in [0.4, 0.5) is 19.1 Å². The van der Waals surface area contributed by atoms with Crippen LogP contribution in [-0.2, 0) is 6.18 Å². The molecular formula is C17H19F3N4O. The molecule has 1 aliphatic carbocycles. The Kier molecular flexibility index (Phi) is 4.89. The monoisotopic (exact) mass is 352 g/mol. The molecule has 134 valence electrons. The van der Waals surface area contributed by atoms with Crippen molar-refractivity contribution in [1.82, 2.24) is 15.2 Å². The van der Waals surface area contributed by atoms with Gasteiger partial charge in [-0.05, 0) is 25.0 Å². The van der Waals surface area contributed by atoms with Gasteiger partial charge in [0.1, 0.15) is 0 Å². The molecule has 0 atom stereocenters. The number of anilines is 1. The summed E-state index contributed by atoms with van der Waals surface area (Å²) in [5, 5.41) is 21.1. The molecule has 0 radical (unpaired) electrons. The van der Waals surface area contributed by atoms with Crippen LogP contribution in [0.15, 0.2) is 30.5 Å². The van der Waals surface area contributed by atoms with E-state index in [1.807, 2.05) is 0 Å². The Morgan fingerprint density at radius 3 is 2.64 bits per heavy atom. The largest absolute Gasteiger partial charge is 0.416 e. The number of alkyl halides is 3. The van der Waals surface area contributed by atoms with Crippen molar-refractivity contribution in [3.63, 3.8) is 0 Å². The zero-order chi connectivity index (χ0) is 17.9. The minimum Gasteiger partial charge on any atom is -0.388 e. The highest BCUT2D eigenvalue weighted by Crippen LogP contribution is 2.32. The van der Waals surface area contributed by atoms with Gasteiger partial charge in [0.2, 0.25) is 5.95 Å². The molecule has 1 saturated carbocycles. The van der Waals surface area contributed by atoms with Crippen LogP contribution < -0.4 is 5.32 Å². The van der Waals surface area contributed by atoms with Crippen molar-refractivity contribution in [1.29, 1.82) is 0 Å². The Balaban J connectivity index is 1.75. The smallest absolute Gasteiger partial charge is 0.388 e. The molecule has 1 aliphatic rings. The van der Waals surface area contributed by atoms with E-state index in [0.29, 0.717) is 30.6 Å². The molecule has 25 heavy (non-hydrogen) atoms. The first-order valence-corrected chi connectivity index (χ1v) is 8.19. The summed E-state index contributed by atoms with van der Waals surface area (Å²) in [6, 6.07) is 4.91. The molecule has 2 N–H and O–H groups in total. The lowest BCUT2D eigenvalue weighted by molar-refractivity contribution is -0.137. The van der Waals surface area contributed by atoms with E-state index < -0.39 is 17.3 Å². The lowest BCUT2D eigenvalue weighted by atomic mass is 9.85. The fourth-order valence-corrected chi connectivity index (χ4v) is 3.00. The van der Waals surface area contributed by atoms with Crippen LogP contribution in [0.2, 0.25) is 0 Å². The molecule has 5 nitrogen and oxygen atoms in total. The third-order valence-electron chi connectivity index (χ3n) is 4.40. The van der Waals surface area contributed by atoms with Crippen LogP contribution in [0.25, 0.3) is 11.3 Å². The van der Waals surface area contributed by atoms with E-state index in [4.69, 9.17) is 0 Å². The van der Waals surface area contributed by atoms with Crippen molar-refractivity contribution in [2.75, 3.05) is 11.9 Å². The average Bonchev–Trinajstić information content (AvgIpc) is 2.60. The molecule has 0 bridgehead atoms. The van der Waals surface area contributed by atoms with Crippen molar-refractivity contribution < 1.29 is 18.3 Å². The number of hydrogen-bond donors (Lipinski definition) is 2. The highest BCUT2D eigenvalue weighted by atomic mass is 19.4. The summed E-state index contributed by atoms with van der Waals surface area (Å²) >= 11 is 0. The number of rotatable bonds is 4. The van der Waals surface area contributed by atoms with Gasteiger partial charge in [-0.2, -0.15) is 18.3 Å². The van der Waals surface area contributed by atoms with Crippen molar-refractivity contribution in [3.05, 3.63) is 36.0 Å². The lowest BCUT2D eigenvalue weighted by Crippen LogP contribution is -2.39. The van der Waals surface area contributed by atoms with E-state index in [9.17, 15) is 18.3 Å². The van der Waals surface area contributed by atoms with Gasteiger partial charge in [0, 0.05) is 12.1 Å². The average molecular weight is 352 g/mol. The summed E-state index contributed by atoms with van der Waals surface area (Å²) in [5.41, 5.74) is -0.939. The third-order valence-corrected chi connectivity index (χ3v) is 4.40. The van der Waals surface area contributed by atoms with Crippen LogP contribution in [0.5, 0.6) is 0 Å². The van der Waals surface area contributed by atoms with Crippen molar-refractivity contribution >= 4 is 5.95 Å². The van der Waals surface area contributed by atoms with Gasteiger partial charge in [-0.1, -0.05) is 31.4 Å². The van der Waals surface area contributed by atoms with Crippen LogP contribution in [-0.4, -0.2) is 32.4 Å². The van der Waals surface area contributed by atoms with Gasteiger partial charge in [0.05, 0.1) is 23.1 Å². The SMILES string of the molecule is OC1(CNc2nncc(-c3cccc(C(F)(F)F)c3)n2)CCCCC1. The summed E-state index contributed by atoms with van der Waals surface area (Å²) in [4.78, 5) is 4.22. The summed E-state index contributed by atoms with van der Waals surface area (Å²) in [6.07, 6.45) is 1.38. The number of benzene rings is 1. The van der Waals surface area contributed by atoms with Gasteiger partial charge in [0.15, 0.2) is 0 Å². The zero-order valence-electron chi connectivity index (χ0n) is 13.6. The number of hydrogen-bond acceptors (Lipinski definition) is 5. The lowest BCUT2D eigenvalue weighted by Gasteiger charge is -2.32. The van der Waals surface area contributed by atoms with Crippen molar-refractivity contribution in [3.8, 4) is 11.3 Å². The second kappa shape index (κ2) is 6.95. The predicted molar refractivity (Wildman–Crippen MR) is 86.8 cm³/mol. The van der Waals surface area contributed by atoms with Gasteiger partial charge < -0.3 is 10.4 Å². The molecule has 1 aromatic carbocycles. The quantitative estimate of drug-likeness (QED) is 0.879. The molecule has 2 aromatic rings. The molecule has 0 amide bonds. The second-order valence-corrected chi connectivity index (χ2v) is 6.38. The summed E-state index contributed by atoms with van der Waals surface area (Å²) in [7, 11) is 0. The van der Waals surface area contributed by atoms with Gasteiger partial charge in [-0.3, -0.25) is 0 Å². The maximum Gasteiger partial charge on any atom is 0.416 e. The molecule has 1 aromatic heterocycles. The fourth-order valence-electron chi connectivity index (χ4n) is 3.00. The third kappa shape index (κ3) is 4.45. The van der Waals surface area contributed by atoms with E-state index in [2.05, 4.69) is 20.5 Å². The number of aliphatic hydroxyl groups is 1. The maximum absolute atomic E-state index is 12.8. The molecule has 3 rings (SSSR count). The van der Waals surface area contributed by atoms with Gasteiger partial charge in [-0.15, -0.1) is 5.10 Å². The zero-order valence-corrected chi connectivity index (χ0v) is 13.6. The Hall–Kier alpha value is -2.22. The standard InChI is InChI=1S/C17H19F3N4O/c18-17(19,20)13-6-4-5-12(9-13)14-10-22-24-15(23-14)21-11-16(25)7-2-1-3-8-16/h4-6,9-10,25H,1-3,7-8,11H2,(H,21,23,24). The second-order valence-electron chi connectivity index (χ2n) is 6.38. The topological polar surface area (TPSA) is 70.9 Å². The van der Waals surface area contributed by atoms with Crippen LogP contribution >= 0.6 is 0 Å². The number of halogens is 3. The highest BCUT2D eigenvalue weighted by Gasteiger charge is 2.31. The van der Waals surface area contributed by atoms with Gasteiger partial charge in [0.25, 0.3) is 0 Å². The first-order chi connectivity index (χ1) is 11.9. The first kappa shape index (κ1) is 17.6. The minimum absolute atomic E-state index is 0.189. The molecular weight excluding hydrogens is 333 g/mol. The normalized spacial score (nSPS) is 17.3. The molecule has 0 saturated heterocycles. The van der Waals surface area contributed by atoms with Crippen molar-refractivity contribution in [2.24, 2.45) is 0 Å². The van der Waals surface area contributed by atoms with E-state index in [-0.39, 0.29) is 5.95 Å². The van der Waals surface area contributed by atoms with Crippen LogP contribution in [0.1, 0.15) is 37.7 Å². The first-order valence-electron chi connectivity index (χ1n) is 8.19. The van der Waals surface area contributed by atoms with Gasteiger partial charge >= 0.3 is 6.18 Å². The van der Waals surface area contributed by atoms with E-state index in [0.717, 1.165) is 31.4 Å². The molecule has 8 heteroatoms. The summed E-state index contributed by atoms with van der Waals surface area (Å²) in [6.45, 7) is 0.292. The molecule has 1 fully saturated rings. The van der Waals surface area contributed by atoms with Crippen LogP contribution in [0.3, 0.4) is 0 Å². The Morgan fingerprint density at radius 2 is 1.92 bits per heavy atom. The number of nitrogens with one attached hydrogen (secondary N) is 1. The summed E-state index contributed by atoms with van der Waals surface area (Å²) < 4.78 is 38.5. The van der Waals surface area contributed by atoms with Crippen LogP contribution in [0, 0.1) is 0 Å². The number of aromatic nitrogens is 3. The fraction of sp³-hybridized carbons (Fsp3) is 0.471. The molecule has 0 aliphatic heterocycles. The van der Waals surface area contributed by atoms with E-state index in [1.165, 1.54) is 18.3 Å². The summed E-state index contributed by atoms with van der Waals surface area (Å²) in [5.74, 6) is 0.189. The minimum atomic E-state index is -4.41. The Bertz CT molecular complexity index is 730. The van der Waals surface area contributed by atoms with E-state index >= 15 is 0 Å². The van der Waals surface area contributed by atoms with Gasteiger partial charge in [-0.25, -0.2) is 4.98 Å². The predicted octanol–water partition coefficient (Wildman–Crippen LogP) is 3.66. The van der Waals surface area contributed by atoms with E-state index in [1.54, 1.807) is 0 Å². The highest BCUT2D eigenvalue weighted by molar-refractivity contribution is 5.60. The maximum atomic E-state index is 12.8. The number of nitrogens with zero attached hydrogens (tertiary/aromatic N) is 3. The molecule has 0 unspecified atom stereocenters. The van der Waals surface area contributed by atoms with Crippen molar-refractivity contribution in [2.45, 2.75) is 43.9 Å². The Morgan fingerprint density at radius 1 is 1.16 bits per heavy atom. The molecule has 0 spiro atoms. The Labute approximate surface area is 143 Å². The molecule has 1 heterocycles.